The molecule has 0 amide bonds. The van der Waals surface area contributed by atoms with Crippen LogP contribution in [-0.2, 0) is 4.79 Å². The second-order valence-electron chi connectivity index (χ2n) is 6.12. The van der Waals surface area contributed by atoms with E-state index in [0.29, 0.717) is 11.7 Å². The number of Topliss-reactive ketones (excluding diaryl/α,β-unsaturated/α-hetero) is 1. The fourth-order valence-electron chi connectivity index (χ4n) is 3.20. The Morgan fingerprint density at radius 1 is 1.00 bits per heavy atom. The molecule has 0 bridgehead atoms. The molecule has 1 rings (SSSR count). The van der Waals surface area contributed by atoms with Crippen LogP contribution in [0.25, 0.3) is 0 Å². The van der Waals surface area contributed by atoms with E-state index >= 15 is 0 Å². The highest BCUT2D eigenvalue weighted by atomic mass is 16.1. The maximum absolute atomic E-state index is 11.9. The first kappa shape index (κ1) is 15.7. The molecule has 1 aliphatic carbocycles. The molecule has 0 aliphatic heterocycles. The van der Waals surface area contributed by atoms with Crippen LogP contribution in [-0.4, -0.2) is 5.78 Å². The molecule has 18 heavy (non-hydrogen) atoms. The Balaban J connectivity index is 2.04. The largest absolute Gasteiger partial charge is 0.299 e. The fraction of sp³-hybridized carbons (Fsp3) is 0.941. The Labute approximate surface area is 114 Å². The van der Waals surface area contributed by atoms with Crippen LogP contribution in [0.4, 0.5) is 0 Å². The molecule has 1 nitrogen and oxygen atoms in total. The minimum absolute atomic E-state index is 0.416. The first-order valence-corrected chi connectivity index (χ1v) is 8.30. The van der Waals surface area contributed by atoms with Gasteiger partial charge in [0.05, 0.1) is 0 Å². The molecule has 0 saturated heterocycles. The highest BCUT2D eigenvalue weighted by Gasteiger charge is 2.26. The number of hydrogen-bond donors (Lipinski definition) is 0. The average Bonchev–Trinajstić information content (AvgIpc) is 2.39. The van der Waals surface area contributed by atoms with Gasteiger partial charge in [-0.2, -0.15) is 0 Å². The van der Waals surface area contributed by atoms with E-state index in [1.54, 1.807) is 0 Å². The van der Waals surface area contributed by atoms with Crippen molar-refractivity contribution in [3.05, 3.63) is 0 Å². The summed E-state index contributed by atoms with van der Waals surface area (Å²) in [4.78, 5) is 11.9. The van der Waals surface area contributed by atoms with Gasteiger partial charge in [0.15, 0.2) is 0 Å². The van der Waals surface area contributed by atoms with Gasteiger partial charge in [-0.25, -0.2) is 0 Å². The quantitative estimate of drug-likeness (QED) is 0.494. The molecule has 0 aromatic rings. The van der Waals surface area contributed by atoms with Gasteiger partial charge >= 0.3 is 0 Å². The van der Waals surface area contributed by atoms with Gasteiger partial charge in [0, 0.05) is 12.3 Å². The summed E-state index contributed by atoms with van der Waals surface area (Å²) in [5, 5.41) is 0. The first-order chi connectivity index (χ1) is 8.77. The van der Waals surface area contributed by atoms with Crippen LogP contribution in [0, 0.1) is 11.8 Å². The van der Waals surface area contributed by atoms with Crippen molar-refractivity contribution in [2.45, 2.75) is 90.9 Å². The lowest BCUT2D eigenvalue weighted by Gasteiger charge is -2.27. The topological polar surface area (TPSA) is 17.1 Å². The molecule has 1 aliphatic rings. The molecular formula is C17H32O. The number of carbonyl (C=O) groups excluding carboxylic acids is 1. The zero-order valence-electron chi connectivity index (χ0n) is 12.5. The third kappa shape index (κ3) is 6.02. The van der Waals surface area contributed by atoms with Crippen LogP contribution in [0.15, 0.2) is 0 Å². The zero-order valence-corrected chi connectivity index (χ0v) is 12.5. The SMILES string of the molecule is CCCCCCCCCC1CC(CC)CCC1=O. The van der Waals surface area contributed by atoms with Gasteiger partial charge in [0.1, 0.15) is 5.78 Å². The van der Waals surface area contributed by atoms with Gasteiger partial charge in [-0.1, -0.05) is 65.2 Å². The third-order valence-corrected chi connectivity index (χ3v) is 4.61. The minimum Gasteiger partial charge on any atom is -0.299 e. The van der Waals surface area contributed by atoms with Crippen molar-refractivity contribution < 1.29 is 4.79 Å². The number of hydrogen-bond acceptors (Lipinski definition) is 1. The predicted molar refractivity (Wildman–Crippen MR) is 78.7 cm³/mol. The summed E-state index contributed by atoms with van der Waals surface area (Å²) in [6.07, 6.45) is 15.1. The van der Waals surface area contributed by atoms with Crippen molar-refractivity contribution in [1.82, 2.24) is 0 Å². The monoisotopic (exact) mass is 252 g/mol. The normalized spacial score (nSPS) is 24.4. The van der Waals surface area contributed by atoms with Crippen molar-refractivity contribution in [2.75, 3.05) is 0 Å². The molecule has 0 radical (unpaired) electrons. The van der Waals surface area contributed by atoms with E-state index in [9.17, 15) is 4.79 Å². The Morgan fingerprint density at radius 2 is 1.67 bits per heavy atom. The molecule has 1 saturated carbocycles. The molecule has 1 heteroatoms. The van der Waals surface area contributed by atoms with E-state index in [4.69, 9.17) is 0 Å². The van der Waals surface area contributed by atoms with Crippen LogP contribution < -0.4 is 0 Å². The summed E-state index contributed by atoms with van der Waals surface area (Å²) in [5.41, 5.74) is 0. The highest BCUT2D eigenvalue weighted by molar-refractivity contribution is 5.81. The van der Waals surface area contributed by atoms with E-state index in [1.807, 2.05) is 0 Å². The van der Waals surface area contributed by atoms with Crippen molar-refractivity contribution in [1.29, 1.82) is 0 Å². The third-order valence-electron chi connectivity index (χ3n) is 4.61. The Bertz CT molecular complexity index is 222. The zero-order chi connectivity index (χ0) is 13.2. The Morgan fingerprint density at radius 3 is 2.33 bits per heavy atom. The Hall–Kier alpha value is -0.330. The molecular weight excluding hydrogens is 220 g/mol. The standard InChI is InChI=1S/C17H32O/c1-3-5-6-7-8-9-10-11-16-14-15(4-2)12-13-17(16)18/h15-16H,3-14H2,1-2H3. The summed E-state index contributed by atoms with van der Waals surface area (Å²) >= 11 is 0. The maximum Gasteiger partial charge on any atom is 0.135 e. The van der Waals surface area contributed by atoms with Crippen molar-refractivity contribution >= 4 is 5.78 Å². The number of unbranched alkanes of at least 4 members (excludes halogenated alkanes) is 6. The van der Waals surface area contributed by atoms with Gasteiger partial charge in [0.25, 0.3) is 0 Å². The molecule has 0 aromatic heterocycles. The van der Waals surface area contributed by atoms with Gasteiger partial charge < -0.3 is 0 Å². The van der Waals surface area contributed by atoms with Crippen molar-refractivity contribution in [3.63, 3.8) is 0 Å². The second kappa shape index (κ2) is 9.58. The lowest BCUT2D eigenvalue weighted by molar-refractivity contribution is -0.125. The molecule has 1 fully saturated rings. The molecule has 2 unspecified atom stereocenters. The number of ketones is 1. The predicted octanol–water partition coefficient (Wildman–Crippen LogP) is 5.52. The van der Waals surface area contributed by atoms with Gasteiger partial charge in [-0.3, -0.25) is 4.79 Å². The number of rotatable bonds is 9. The molecule has 0 heterocycles. The van der Waals surface area contributed by atoms with Crippen LogP contribution in [0.2, 0.25) is 0 Å². The minimum atomic E-state index is 0.416. The molecule has 106 valence electrons. The van der Waals surface area contributed by atoms with E-state index in [1.165, 1.54) is 64.2 Å². The molecule has 0 N–H and O–H groups in total. The highest BCUT2D eigenvalue weighted by Crippen LogP contribution is 2.31. The van der Waals surface area contributed by atoms with E-state index in [2.05, 4.69) is 13.8 Å². The van der Waals surface area contributed by atoms with Gasteiger partial charge in [-0.05, 0) is 25.2 Å². The Kier molecular flexibility index (Phi) is 8.37. The fourth-order valence-corrected chi connectivity index (χ4v) is 3.20. The summed E-state index contributed by atoms with van der Waals surface area (Å²) in [6.45, 7) is 4.53. The van der Waals surface area contributed by atoms with E-state index < -0.39 is 0 Å². The average molecular weight is 252 g/mol. The summed E-state index contributed by atoms with van der Waals surface area (Å²) in [6, 6.07) is 0. The first-order valence-electron chi connectivity index (χ1n) is 8.30. The molecule has 0 aromatic carbocycles. The summed E-state index contributed by atoms with van der Waals surface area (Å²) in [5.74, 6) is 1.81. The van der Waals surface area contributed by atoms with Crippen molar-refractivity contribution in [3.8, 4) is 0 Å². The summed E-state index contributed by atoms with van der Waals surface area (Å²) < 4.78 is 0. The van der Waals surface area contributed by atoms with Crippen molar-refractivity contribution in [2.24, 2.45) is 11.8 Å². The number of carbonyl (C=O) groups is 1. The smallest absolute Gasteiger partial charge is 0.135 e. The maximum atomic E-state index is 11.9. The van der Waals surface area contributed by atoms with Crippen LogP contribution in [0.1, 0.15) is 90.9 Å². The summed E-state index contributed by atoms with van der Waals surface area (Å²) in [7, 11) is 0. The lowest BCUT2D eigenvalue weighted by atomic mass is 9.77. The molecule has 0 spiro atoms. The van der Waals surface area contributed by atoms with E-state index in [0.717, 1.165) is 18.8 Å². The van der Waals surface area contributed by atoms with E-state index in [-0.39, 0.29) is 0 Å². The second-order valence-corrected chi connectivity index (χ2v) is 6.12. The van der Waals surface area contributed by atoms with Crippen LogP contribution >= 0.6 is 0 Å². The molecule has 2 atom stereocenters. The lowest BCUT2D eigenvalue weighted by Crippen LogP contribution is -2.24. The van der Waals surface area contributed by atoms with Gasteiger partial charge in [0.2, 0.25) is 0 Å². The van der Waals surface area contributed by atoms with Crippen LogP contribution in [0.5, 0.6) is 0 Å². The van der Waals surface area contributed by atoms with Gasteiger partial charge in [-0.15, -0.1) is 0 Å². The van der Waals surface area contributed by atoms with Crippen LogP contribution in [0.3, 0.4) is 0 Å².